The molecule has 4 aromatic carbocycles. The summed E-state index contributed by atoms with van der Waals surface area (Å²) in [6.07, 6.45) is -3.92. The second kappa shape index (κ2) is 11.1. The molecule has 0 radical (unpaired) electrons. The topological polar surface area (TPSA) is 25.6 Å². The van der Waals surface area contributed by atoms with E-state index in [-0.39, 0.29) is 114 Å². The van der Waals surface area contributed by atoms with Crippen LogP contribution < -0.4 is 25.5 Å². The van der Waals surface area contributed by atoms with E-state index in [0.29, 0.717) is 24.0 Å². The van der Waals surface area contributed by atoms with Gasteiger partial charge in [0.05, 0.1) is 33.1 Å². The Labute approximate surface area is 330 Å². The third-order valence-electron chi connectivity index (χ3n) is 10.6. The Morgan fingerprint density at radius 2 is 1.51 bits per heavy atom. The van der Waals surface area contributed by atoms with Crippen LogP contribution in [0.3, 0.4) is 0 Å². The average Bonchev–Trinajstić information content (AvgIpc) is 3.74. The molecule has 6 aromatic rings. The van der Waals surface area contributed by atoms with E-state index >= 15 is 0 Å². The maximum absolute atomic E-state index is 14.7. The minimum Gasteiger partial charge on any atom is -0.466 e. The maximum atomic E-state index is 14.7. The molecular weight excluding hydrogens is 686 g/mol. The molecule has 3 nitrogen and oxygen atoms in total. The number of alkyl halides is 3. The molecule has 4 heterocycles. The van der Waals surface area contributed by atoms with E-state index in [0.717, 1.165) is 18.3 Å². The van der Waals surface area contributed by atoms with Gasteiger partial charge in [0.2, 0.25) is 0 Å². The highest BCUT2D eigenvalue weighted by molar-refractivity contribution is 7.31. The highest BCUT2D eigenvalue weighted by atomic mass is 32.1. The van der Waals surface area contributed by atoms with Crippen LogP contribution in [0.5, 0.6) is 11.5 Å². The highest BCUT2D eigenvalue weighted by Gasteiger charge is 2.47. The van der Waals surface area contributed by atoms with Gasteiger partial charge >= 0.3 is 12.9 Å². The van der Waals surface area contributed by atoms with Crippen molar-refractivity contribution in [2.24, 2.45) is 0 Å². The Morgan fingerprint density at radius 3 is 2.23 bits per heavy atom. The van der Waals surface area contributed by atoms with Gasteiger partial charge in [0.25, 0.3) is 0 Å². The number of rotatable bonds is 2. The molecule has 3 aliphatic rings. The van der Waals surface area contributed by atoms with Gasteiger partial charge in [0.1, 0.15) is 17.0 Å². The molecule has 0 fully saturated rings. The zero-order chi connectivity index (χ0) is 48.0. The molecule has 0 saturated heterocycles. The van der Waals surface area contributed by atoms with Gasteiger partial charge in [-0.25, -0.2) is 0 Å². The van der Waals surface area contributed by atoms with Crippen molar-refractivity contribution < 1.29 is 38.8 Å². The zero-order valence-electron chi connectivity index (χ0n) is 42.8. The number of halogens is 3. The van der Waals surface area contributed by atoms with Crippen molar-refractivity contribution in [2.75, 3.05) is 4.90 Å². The minimum atomic E-state index is -5.19. The summed E-state index contributed by atoms with van der Waals surface area (Å²) in [7, 11) is 0. The van der Waals surface area contributed by atoms with E-state index in [2.05, 4.69) is 0 Å². The quantitative estimate of drug-likeness (QED) is 0.165. The summed E-state index contributed by atoms with van der Waals surface area (Å²) in [4.78, 5) is 1.01. The lowest BCUT2D eigenvalue weighted by Crippen LogP contribution is -2.58. The Balaban J connectivity index is 1.50. The van der Waals surface area contributed by atoms with E-state index in [9.17, 15) is 22.8 Å². The molecule has 0 amide bonds. The van der Waals surface area contributed by atoms with Gasteiger partial charge in [0, 0.05) is 26.5 Å². The Hall–Kier alpha value is -4.43. The lowest BCUT2D eigenvalue weighted by atomic mass is 9.39. The molecule has 270 valence electrons. The second-order valence-corrected chi connectivity index (χ2v) is 17.6. The first-order chi connectivity index (χ1) is 29.9. The fourth-order valence-electron chi connectivity index (χ4n) is 7.62. The number of hydrogen-bond donors (Lipinski definition) is 0. The molecule has 9 rings (SSSR count). The minimum absolute atomic E-state index is 0.0237. The summed E-state index contributed by atoms with van der Waals surface area (Å²) < 4.78 is 170. The molecule has 0 spiro atoms. The summed E-state index contributed by atoms with van der Waals surface area (Å²) in [5, 5.41) is 0.0237. The monoisotopic (exact) mass is 741 g/mol. The first kappa shape index (κ1) is 23.4. The fourth-order valence-corrected chi connectivity index (χ4v) is 8.77. The molecule has 0 saturated carbocycles. The van der Waals surface area contributed by atoms with Gasteiger partial charge < -0.3 is 14.1 Å². The van der Waals surface area contributed by atoms with Crippen molar-refractivity contribution in [3.05, 3.63) is 106 Å². The standard InChI is InChI=1S/C45H43BF3NO2S/c1-24-16-26(20-28(17-24)45(47,48)49)37-23-34-41(53-37)46-38-33(50(34)29-11-12-31-32(22-29)44(8,9)15-14-43(31,6)7)18-25(2)19-36(38)51-39-30-21-27(42(3,4)5)10-13-35(30)52-40(39)46/h10-13,16-23H,14-15H2,1-9H3/i10D,11D,12D,13D,16D,17D,18D,19D,20D,21D,22D,23D. The summed E-state index contributed by atoms with van der Waals surface area (Å²) in [5.74, 6) is -0.202. The van der Waals surface area contributed by atoms with Crippen molar-refractivity contribution in [2.45, 2.75) is 97.6 Å². The van der Waals surface area contributed by atoms with Crippen LogP contribution in [0, 0.1) is 13.8 Å². The number of hydrogen-bond acceptors (Lipinski definition) is 4. The van der Waals surface area contributed by atoms with Crippen molar-refractivity contribution >= 4 is 62.0 Å². The van der Waals surface area contributed by atoms with Crippen LogP contribution in [-0.4, -0.2) is 6.71 Å². The molecule has 0 bridgehead atoms. The van der Waals surface area contributed by atoms with Crippen LogP contribution in [-0.2, 0) is 22.4 Å². The second-order valence-electron chi connectivity index (χ2n) is 16.6. The van der Waals surface area contributed by atoms with Crippen molar-refractivity contribution in [1.82, 2.24) is 0 Å². The van der Waals surface area contributed by atoms with Crippen LogP contribution in [0.15, 0.2) is 76.9 Å². The van der Waals surface area contributed by atoms with Gasteiger partial charge in [0.15, 0.2) is 5.75 Å². The Kier molecular flexibility index (Phi) is 4.88. The van der Waals surface area contributed by atoms with E-state index in [1.165, 1.54) is 11.8 Å². The van der Waals surface area contributed by atoms with Crippen molar-refractivity contribution in [3.8, 4) is 21.9 Å². The molecule has 0 unspecified atom stereocenters. The van der Waals surface area contributed by atoms with E-state index in [4.69, 9.17) is 16.0 Å². The van der Waals surface area contributed by atoms with Crippen molar-refractivity contribution in [3.63, 3.8) is 0 Å². The number of furan rings is 1. The smallest absolute Gasteiger partial charge is 0.416 e. The van der Waals surface area contributed by atoms with Crippen LogP contribution in [0.2, 0.25) is 0 Å². The number of thiophene rings is 1. The highest BCUT2D eigenvalue weighted by Crippen LogP contribution is 2.51. The van der Waals surface area contributed by atoms with Gasteiger partial charge in [-0.2, -0.15) is 13.2 Å². The Bertz CT molecular complexity index is 3190. The molecule has 0 atom stereocenters. The van der Waals surface area contributed by atoms with Crippen LogP contribution in [0.1, 0.15) is 111 Å². The molecule has 53 heavy (non-hydrogen) atoms. The molecular formula is C45H43BF3NO2S. The normalized spacial score (nSPS) is 20.1. The largest absolute Gasteiger partial charge is 0.466 e. The fraction of sp³-hybridized carbons (Fsp3) is 0.333. The maximum Gasteiger partial charge on any atom is 0.416 e. The molecule has 0 N–H and O–H groups in total. The lowest BCUT2D eigenvalue weighted by molar-refractivity contribution is -0.137. The number of fused-ring (bicyclic) bond motifs is 7. The zero-order valence-corrected chi connectivity index (χ0v) is 31.6. The molecule has 8 heteroatoms. The molecule has 2 aliphatic heterocycles. The average molecular weight is 742 g/mol. The summed E-state index contributed by atoms with van der Waals surface area (Å²) >= 11 is 0.731. The van der Waals surface area contributed by atoms with Gasteiger partial charge in [-0.1, -0.05) is 66.6 Å². The lowest BCUT2D eigenvalue weighted by Gasteiger charge is -2.43. The number of benzene rings is 4. The first-order valence-corrected chi connectivity index (χ1v) is 18.4. The number of ether oxygens (including phenoxy) is 1. The van der Waals surface area contributed by atoms with E-state index < -0.39 is 76.0 Å². The van der Waals surface area contributed by atoms with Crippen LogP contribution in [0.4, 0.5) is 30.2 Å². The van der Waals surface area contributed by atoms with E-state index in [1.54, 1.807) is 20.8 Å². The van der Waals surface area contributed by atoms with Gasteiger partial charge in [-0.3, -0.25) is 0 Å². The number of anilines is 3. The molecule has 1 aliphatic carbocycles. The summed E-state index contributed by atoms with van der Waals surface area (Å²) in [6.45, 7) is 14.5. The molecule has 2 aromatic heterocycles. The van der Waals surface area contributed by atoms with Gasteiger partial charge in [-0.05, 0) is 131 Å². The number of nitrogens with zero attached hydrogens (tertiary/aromatic N) is 1. The van der Waals surface area contributed by atoms with Crippen LogP contribution in [0.25, 0.3) is 21.4 Å². The SMILES string of the molecule is [2H]c1c(C)c([2H])c2c3c1Oc1c(oc4c([2H])c([2H])c(C(C)(C)C)c([2H])c14)B3c1sc(-c3c([2H])c(C)c([2H])c(C(F)(F)F)c3[2H])c([2H])c1N2c1c([2H])c([2H])c2c(c1[2H])C(C)(C)CCC2(C)C. The summed E-state index contributed by atoms with van der Waals surface area (Å²) in [6, 6.07) is -5.52. The third-order valence-corrected chi connectivity index (χ3v) is 11.7. The Morgan fingerprint density at radius 1 is 0.792 bits per heavy atom. The van der Waals surface area contributed by atoms with E-state index in [1.807, 2.05) is 27.7 Å². The summed E-state index contributed by atoms with van der Waals surface area (Å²) in [5.41, 5.74) is -4.02. The first-order valence-electron chi connectivity index (χ1n) is 23.5. The predicted molar refractivity (Wildman–Crippen MR) is 214 cm³/mol. The predicted octanol–water partition coefficient (Wildman–Crippen LogP) is 11.8. The van der Waals surface area contributed by atoms with Gasteiger partial charge in [-0.15, -0.1) is 11.3 Å². The third kappa shape index (κ3) is 5.30. The van der Waals surface area contributed by atoms with Crippen LogP contribution >= 0.6 is 11.3 Å². The van der Waals surface area contributed by atoms with Crippen molar-refractivity contribution in [1.29, 1.82) is 0 Å².